The minimum atomic E-state index is 0.0000591. The van der Waals surface area contributed by atoms with Gasteiger partial charge in [-0.25, -0.2) is 0 Å². The van der Waals surface area contributed by atoms with Crippen molar-refractivity contribution in [3.8, 4) is 0 Å². The molecule has 0 saturated carbocycles. The second-order valence-corrected chi connectivity index (χ2v) is 6.72. The van der Waals surface area contributed by atoms with Gasteiger partial charge < -0.3 is 4.74 Å². The fourth-order valence-corrected chi connectivity index (χ4v) is 2.53. The van der Waals surface area contributed by atoms with Gasteiger partial charge in [0.1, 0.15) is 0 Å². The van der Waals surface area contributed by atoms with Crippen molar-refractivity contribution in [2.75, 3.05) is 25.0 Å². The Morgan fingerprint density at radius 1 is 1.47 bits per heavy atom. The lowest BCUT2D eigenvalue weighted by molar-refractivity contribution is -0.133. The van der Waals surface area contributed by atoms with Crippen LogP contribution in [0.1, 0.15) is 34.6 Å². The Balaban J connectivity index is 2.56. The lowest BCUT2D eigenvalue weighted by Crippen LogP contribution is -2.54. The van der Waals surface area contributed by atoms with Gasteiger partial charge >= 0.3 is 0 Å². The van der Waals surface area contributed by atoms with Crippen LogP contribution < -0.4 is 0 Å². The predicted octanol–water partition coefficient (Wildman–Crippen LogP) is 2.91. The maximum Gasteiger partial charge on any atom is 0.0757 e. The molecule has 90 valence electrons. The summed E-state index contributed by atoms with van der Waals surface area (Å²) in [6, 6.07) is 0. The monoisotopic (exact) mass is 277 g/mol. The molecule has 1 aliphatic rings. The third-order valence-electron chi connectivity index (χ3n) is 2.65. The van der Waals surface area contributed by atoms with Crippen LogP contribution in [0.25, 0.3) is 0 Å². The van der Waals surface area contributed by atoms with E-state index in [4.69, 9.17) is 4.74 Å². The molecule has 0 aromatic heterocycles. The van der Waals surface area contributed by atoms with Gasteiger partial charge in [-0.1, -0.05) is 29.8 Å². The average molecular weight is 278 g/mol. The van der Waals surface area contributed by atoms with E-state index in [0.29, 0.717) is 11.5 Å². The van der Waals surface area contributed by atoms with Gasteiger partial charge in [0.2, 0.25) is 0 Å². The van der Waals surface area contributed by atoms with E-state index in [1.807, 2.05) is 0 Å². The first-order chi connectivity index (χ1) is 6.74. The number of halogens is 1. The van der Waals surface area contributed by atoms with Crippen LogP contribution in [0.15, 0.2) is 0 Å². The molecule has 1 atom stereocenters. The number of ether oxygens (including phenoxy) is 1. The van der Waals surface area contributed by atoms with Crippen molar-refractivity contribution in [1.29, 1.82) is 0 Å². The molecule has 0 spiro atoms. The van der Waals surface area contributed by atoms with Crippen LogP contribution in [0.2, 0.25) is 0 Å². The first-order valence-electron chi connectivity index (χ1n) is 5.70. The second-order valence-electron chi connectivity index (χ2n) is 6.16. The number of nitrogens with zero attached hydrogens (tertiary/aromatic N) is 1. The molecule has 0 aromatic rings. The minimum Gasteiger partial charge on any atom is -0.370 e. The average Bonchev–Trinajstić information content (AvgIpc) is 1.99. The van der Waals surface area contributed by atoms with Gasteiger partial charge in [0, 0.05) is 25.0 Å². The molecule has 0 aromatic carbocycles. The maximum absolute atomic E-state index is 5.90. The van der Waals surface area contributed by atoms with Crippen molar-refractivity contribution >= 4 is 15.9 Å². The van der Waals surface area contributed by atoms with Gasteiger partial charge in [0.25, 0.3) is 0 Å². The second kappa shape index (κ2) is 4.72. The van der Waals surface area contributed by atoms with Crippen LogP contribution in [0.5, 0.6) is 0 Å². The van der Waals surface area contributed by atoms with Gasteiger partial charge in [0.05, 0.1) is 11.7 Å². The van der Waals surface area contributed by atoms with Gasteiger partial charge in [-0.2, -0.15) is 0 Å². The van der Waals surface area contributed by atoms with Crippen LogP contribution >= 0.6 is 15.9 Å². The van der Waals surface area contributed by atoms with Crippen LogP contribution in [0.4, 0.5) is 0 Å². The summed E-state index contributed by atoms with van der Waals surface area (Å²) in [4.78, 5) is 2.52. The normalized spacial score (nSPS) is 28.0. The molecule has 2 nitrogen and oxygen atoms in total. The molecule has 0 bridgehead atoms. The fraction of sp³-hybridized carbons (Fsp3) is 1.00. The molecule has 0 radical (unpaired) electrons. The number of hydrogen-bond donors (Lipinski definition) is 0. The SMILES string of the molecule is CC1CN(CC(C)(C)CBr)CC(C)(C)O1. The summed E-state index contributed by atoms with van der Waals surface area (Å²) in [6.45, 7) is 14.3. The van der Waals surface area contributed by atoms with Crippen LogP contribution in [-0.4, -0.2) is 41.6 Å². The van der Waals surface area contributed by atoms with E-state index in [0.717, 1.165) is 25.0 Å². The van der Waals surface area contributed by atoms with Gasteiger partial charge in [0.15, 0.2) is 0 Å². The first-order valence-corrected chi connectivity index (χ1v) is 6.82. The Labute approximate surface area is 102 Å². The van der Waals surface area contributed by atoms with Crippen molar-refractivity contribution in [2.45, 2.75) is 46.3 Å². The smallest absolute Gasteiger partial charge is 0.0757 e. The van der Waals surface area contributed by atoms with E-state index in [9.17, 15) is 0 Å². The summed E-state index contributed by atoms with van der Waals surface area (Å²) < 4.78 is 5.90. The maximum atomic E-state index is 5.90. The molecule has 1 rings (SSSR count). The summed E-state index contributed by atoms with van der Waals surface area (Å²) in [5.41, 5.74) is 0.340. The molecule has 0 N–H and O–H groups in total. The van der Waals surface area contributed by atoms with Crippen molar-refractivity contribution < 1.29 is 4.74 Å². The molecule has 0 aliphatic carbocycles. The number of hydrogen-bond acceptors (Lipinski definition) is 2. The molecule has 1 fully saturated rings. The van der Waals surface area contributed by atoms with E-state index < -0.39 is 0 Å². The van der Waals surface area contributed by atoms with Crippen LogP contribution in [0.3, 0.4) is 0 Å². The van der Waals surface area contributed by atoms with Crippen LogP contribution in [0, 0.1) is 5.41 Å². The molecule has 1 aliphatic heterocycles. The summed E-state index contributed by atoms with van der Waals surface area (Å²) >= 11 is 3.58. The first kappa shape index (κ1) is 13.5. The highest BCUT2D eigenvalue weighted by Crippen LogP contribution is 2.26. The molecular formula is C12H24BrNO. The summed E-state index contributed by atoms with van der Waals surface area (Å²) in [6.07, 6.45) is 0.347. The molecule has 0 amide bonds. The lowest BCUT2D eigenvalue weighted by atomic mass is 9.94. The minimum absolute atomic E-state index is 0.0000591. The number of alkyl halides is 1. The third-order valence-corrected chi connectivity index (χ3v) is 4.17. The molecule has 1 unspecified atom stereocenters. The molecule has 1 heterocycles. The Kier molecular flexibility index (Phi) is 4.24. The molecular weight excluding hydrogens is 254 g/mol. The summed E-state index contributed by atoms with van der Waals surface area (Å²) in [7, 11) is 0. The number of morpholine rings is 1. The van der Waals surface area contributed by atoms with Crippen molar-refractivity contribution in [3.05, 3.63) is 0 Å². The van der Waals surface area contributed by atoms with E-state index in [2.05, 4.69) is 55.4 Å². The standard InChI is InChI=1S/C12H24BrNO/c1-10-6-14(8-11(2,3)7-13)9-12(4,5)15-10/h10H,6-9H2,1-5H3. The largest absolute Gasteiger partial charge is 0.370 e. The zero-order valence-corrected chi connectivity index (χ0v) is 12.2. The Hall–Kier alpha value is 0.400. The van der Waals surface area contributed by atoms with Crippen molar-refractivity contribution in [1.82, 2.24) is 4.90 Å². The molecule has 3 heteroatoms. The van der Waals surface area contributed by atoms with Gasteiger partial charge in [-0.05, 0) is 26.2 Å². The summed E-state index contributed by atoms with van der Waals surface area (Å²) in [5, 5.41) is 1.05. The highest BCUT2D eigenvalue weighted by molar-refractivity contribution is 9.09. The predicted molar refractivity (Wildman–Crippen MR) is 68.6 cm³/mol. The lowest BCUT2D eigenvalue weighted by Gasteiger charge is -2.44. The number of rotatable bonds is 3. The highest BCUT2D eigenvalue weighted by atomic mass is 79.9. The van der Waals surface area contributed by atoms with Gasteiger partial charge in [-0.15, -0.1) is 0 Å². The zero-order valence-electron chi connectivity index (χ0n) is 10.6. The quantitative estimate of drug-likeness (QED) is 0.736. The molecule has 15 heavy (non-hydrogen) atoms. The van der Waals surface area contributed by atoms with Crippen molar-refractivity contribution in [2.24, 2.45) is 5.41 Å². The fourth-order valence-electron chi connectivity index (χ4n) is 2.35. The summed E-state index contributed by atoms with van der Waals surface area (Å²) in [5.74, 6) is 0. The van der Waals surface area contributed by atoms with E-state index in [1.54, 1.807) is 0 Å². The van der Waals surface area contributed by atoms with Crippen LogP contribution in [-0.2, 0) is 4.74 Å². The molecule has 1 saturated heterocycles. The topological polar surface area (TPSA) is 12.5 Å². The third kappa shape index (κ3) is 4.41. The van der Waals surface area contributed by atoms with Crippen molar-refractivity contribution in [3.63, 3.8) is 0 Å². The Morgan fingerprint density at radius 3 is 2.53 bits per heavy atom. The zero-order chi connectivity index (χ0) is 11.7. The highest BCUT2D eigenvalue weighted by Gasteiger charge is 2.33. The van der Waals surface area contributed by atoms with Gasteiger partial charge in [-0.3, -0.25) is 4.90 Å². The van der Waals surface area contributed by atoms with E-state index in [1.165, 1.54) is 0 Å². The Morgan fingerprint density at radius 2 is 2.07 bits per heavy atom. The Bertz CT molecular complexity index is 216. The van der Waals surface area contributed by atoms with E-state index >= 15 is 0 Å². The van der Waals surface area contributed by atoms with E-state index in [-0.39, 0.29) is 5.60 Å².